The van der Waals surface area contributed by atoms with Gasteiger partial charge in [-0.1, -0.05) is 0 Å². The van der Waals surface area contributed by atoms with Gasteiger partial charge in [0.2, 0.25) is 0 Å². The fourth-order valence-corrected chi connectivity index (χ4v) is 2.59. The fraction of sp³-hybridized carbons (Fsp3) is 0.846. The zero-order valence-corrected chi connectivity index (χ0v) is 15.2. The van der Waals surface area contributed by atoms with Gasteiger partial charge in [0.05, 0.1) is 18.3 Å². The minimum atomic E-state index is -5.78. The standard InChI is InChI=1S/C13H23F3N4O3S/c1-12(23-24(21,22)13(14,15)16)17-10(6-8-19(2)3)11(18-12)7-9-20(4)5/h6-9H2,1-5H3/q+1. The lowest BCUT2D eigenvalue weighted by Gasteiger charge is -2.11. The van der Waals surface area contributed by atoms with Crippen LogP contribution in [-0.4, -0.2) is 82.3 Å². The van der Waals surface area contributed by atoms with E-state index >= 15 is 0 Å². The molecule has 0 spiro atoms. The molecule has 0 amide bonds. The summed E-state index contributed by atoms with van der Waals surface area (Å²) in [5.74, 6) is -2.11. The van der Waals surface area contributed by atoms with Crippen molar-refractivity contribution < 1.29 is 25.8 Å². The van der Waals surface area contributed by atoms with E-state index in [0.29, 0.717) is 37.4 Å². The Labute approximate surface area is 140 Å². The number of aliphatic imine (C=N–C) groups is 2. The largest absolute Gasteiger partial charge is 0.523 e. The zero-order chi connectivity index (χ0) is 18.8. The summed E-state index contributed by atoms with van der Waals surface area (Å²) < 4.78 is 64.4. The van der Waals surface area contributed by atoms with Crippen molar-refractivity contribution >= 4 is 21.5 Å². The van der Waals surface area contributed by atoms with Gasteiger partial charge in [-0.15, -0.1) is 0 Å². The third-order valence-electron chi connectivity index (χ3n) is 3.16. The molecule has 0 atom stereocenters. The molecule has 0 fully saturated rings. The van der Waals surface area contributed by atoms with Gasteiger partial charge in [0, 0.05) is 19.5 Å². The molecule has 0 saturated carbocycles. The van der Waals surface area contributed by atoms with E-state index in [1.54, 1.807) is 0 Å². The molecule has 1 rings (SSSR count). The van der Waals surface area contributed by atoms with Crippen LogP contribution in [0.15, 0.2) is 4.99 Å². The van der Waals surface area contributed by atoms with Crippen molar-refractivity contribution in [1.82, 2.24) is 14.8 Å². The quantitative estimate of drug-likeness (QED) is 0.462. The van der Waals surface area contributed by atoms with E-state index in [4.69, 9.17) is 0 Å². The van der Waals surface area contributed by atoms with Crippen molar-refractivity contribution in [3.63, 3.8) is 0 Å². The normalized spacial score (nSPS) is 22.2. The third kappa shape index (κ3) is 5.80. The van der Waals surface area contributed by atoms with E-state index in [-0.39, 0.29) is 0 Å². The number of nitrogens with zero attached hydrogens (tertiary/aromatic N) is 4. The molecule has 1 aliphatic heterocycles. The highest BCUT2D eigenvalue weighted by Gasteiger charge is 2.57. The van der Waals surface area contributed by atoms with Gasteiger partial charge in [0.15, 0.2) is 0 Å². The van der Waals surface area contributed by atoms with Gasteiger partial charge in [-0.05, 0) is 28.2 Å². The molecule has 1 radical (unpaired) electrons. The van der Waals surface area contributed by atoms with Crippen LogP contribution in [0.3, 0.4) is 0 Å². The summed E-state index contributed by atoms with van der Waals surface area (Å²) >= 11 is 0. The van der Waals surface area contributed by atoms with Crippen LogP contribution in [-0.2, 0) is 14.3 Å². The summed E-state index contributed by atoms with van der Waals surface area (Å²) in [5, 5.41) is 0. The first-order valence-corrected chi connectivity index (χ1v) is 8.66. The summed E-state index contributed by atoms with van der Waals surface area (Å²) in [5.41, 5.74) is -4.59. The maximum absolute atomic E-state index is 12.5. The highest BCUT2D eigenvalue weighted by Crippen LogP contribution is 2.30. The Balaban J connectivity index is 3.04. The first kappa shape index (κ1) is 21.0. The Kier molecular flexibility index (Phi) is 6.53. The maximum Gasteiger partial charge on any atom is 0.523 e. The molecule has 24 heavy (non-hydrogen) atoms. The summed E-state index contributed by atoms with van der Waals surface area (Å²) in [4.78, 5) is 11.8. The highest BCUT2D eigenvalue weighted by molar-refractivity contribution is 7.87. The van der Waals surface area contributed by atoms with Crippen molar-refractivity contribution in [3.05, 3.63) is 0 Å². The molecule has 1 aliphatic rings. The summed E-state index contributed by atoms with van der Waals surface area (Å²) in [7, 11) is 1.59. The van der Waals surface area contributed by atoms with E-state index in [1.807, 2.05) is 38.0 Å². The van der Waals surface area contributed by atoms with Gasteiger partial charge < -0.3 is 9.80 Å². The molecular formula is C13H23F3N4O3S+. The number of hydrogen-bond acceptors (Lipinski definition) is 7. The molecule has 0 aliphatic carbocycles. The number of hydrogen-bond donors (Lipinski definition) is 0. The Morgan fingerprint density at radius 3 is 2.08 bits per heavy atom. The lowest BCUT2D eigenvalue weighted by atomic mass is 10.1. The second-order valence-corrected chi connectivity index (χ2v) is 7.68. The Bertz CT molecular complexity index is 584. The van der Waals surface area contributed by atoms with Gasteiger partial charge in [0.25, 0.3) is 5.71 Å². The highest BCUT2D eigenvalue weighted by atomic mass is 32.2. The summed E-state index contributed by atoms with van der Waals surface area (Å²) in [6, 6.07) is 0. The van der Waals surface area contributed by atoms with Crippen molar-refractivity contribution in [3.8, 4) is 0 Å². The van der Waals surface area contributed by atoms with E-state index in [0.717, 1.165) is 6.92 Å². The molecule has 0 aromatic heterocycles. The Hall–Kier alpha value is -1.04. The van der Waals surface area contributed by atoms with Crippen LogP contribution in [0, 0.1) is 0 Å². The van der Waals surface area contributed by atoms with E-state index < -0.39 is 21.5 Å². The number of halogens is 3. The van der Waals surface area contributed by atoms with E-state index in [9.17, 15) is 21.6 Å². The molecule has 0 aromatic rings. The molecule has 0 N–H and O–H groups in total. The molecule has 7 nitrogen and oxygen atoms in total. The van der Waals surface area contributed by atoms with E-state index in [2.05, 4.69) is 14.2 Å². The van der Waals surface area contributed by atoms with Crippen LogP contribution in [0.1, 0.15) is 19.8 Å². The van der Waals surface area contributed by atoms with Crippen molar-refractivity contribution in [2.45, 2.75) is 31.1 Å². The maximum atomic E-state index is 12.5. The molecule has 139 valence electrons. The topological polar surface area (TPSA) is 76.3 Å². The fourth-order valence-electron chi connectivity index (χ4n) is 2.01. The molecule has 0 bridgehead atoms. The van der Waals surface area contributed by atoms with Crippen molar-refractivity contribution in [2.24, 2.45) is 4.99 Å². The summed E-state index contributed by atoms with van der Waals surface area (Å²) in [6.45, 7) is 2.30. The molecule has 1 heterocycles. The van der Waals surface area contributed by atoms with Crippen molar-refractivity contribution in [2.75, 3.05) is 41.3 Å². The Morgan fingerprint density at radius 2 is 1.62 bits per heavy atom. The minimum Gasteiger partial charge on any atom is -0.309 e. The molecule has 0 saturated heterocycles. The van der Waals surface area contributed by atoms with Crippen LogP contribution < -0.4 is 4.99 Å². The summed E-state index contributed by atoms with van der Waals surface area (Å²) in [6.07, 6.45) is 0.870. The SMILES string of the molecule is CN(C)CCC1=NC(C)(OS(=O)(=O)C(F)(F)F)[N+]=C1CCN(C)C. The first-order chi connectivity index (χ1) is 10.8. The minimum absolute atomic E-state index is 0.435. The average Bonchev–Trinajstić information content (AvgIpc) is 2.68. The van der Waals surface area contributed by atoms with Crippen molar-refractivity contribution in [1.29, 1.82) is 0 Å². The second-order valence-electron chi connectivity index (χ2n) is 6.14. The predicted octanol–water partition coefficient (Wildman–Crippen LogP) is 0.661. The van der Waals surface area contributed by atoms with Crippen LogP contribution in [0.5, 0.6) is 0 Å². The lowest BCUT2D eigenvalue weighted by Crippen LogP contribution is -2.38. The van der Waals surface area contributed by atoms with Crippen LogP contribution in [0.4, 0.5) is 13.2 Å². The molecular weight excluding hydrogens is 349 g/mol. The van der Waals surface area contributed by atoms with Gasteiger partial charge in [-0.3, -0.25) is 0 Å². The van der Waals surface area contributed by atoms with Crippen LogP contribution in [0.2, 0.25) is 0 Å². The average molecular weight is 372 g/mol. The van der Waals surface area contributed by atoms with Gasteiger partial charge in [-0.2, -0.15) is 30.8 Å². The Morgan fingerprint density at radius 1 is 1.12 bits per heavy atom. The van der Waals surface area contributed by atoms with Crippen LogP contribution in [0.25, 0.3) is 0 Å². The van der Waals surface area contributed by atoms with Gasteiger partial charge in [0.1, 0.15) is 5.71 Å². The lowest BCUT2D eigenvalue weighted by molar-refractivity contribution is -0.0639. The molecule has 11 heteroatoms. The monoisotopic (exact) mass is 372 g/mol. The molecule has 0 aromatic carbocycles. The first-order valence-electron chi connectivity index (χ1n) is 7.25. The van der Waals surface area contributed by atoms with Gasteiger partial charge in [-0.25, -0.2) is 0 Å². The van der Waals surface area contributed by atoms with Gasteiger partial charge >= 0.3 is 21.5 Å². The van der Waals surface area contributed by atoms with Crippen LogP contribution >= 0.6 is 0 Å². The van der Waals surface area contributed by atoms with E-state index in [1.165, 1.54) is 0 Å². The number of alkyl halides is 3. The third-order valence-corrected chi connectivity index (χ3v) is 4.26. The number of rotatable bonds is 8. The predicted molar refractivity (Wildman–Crippen MR) is 85.4 cm³/mol. The zero-order valence-electron chi connectivity index (χ0n) is 14.4. The smallest absolute Gasteiger partial charge is 0.309 e. The molecule has 0 unspecified atom stereocenters. The second kappa shape index (κ2) is 7.46.